The molecular weight excluding hydrogens is 257 g/mol. The van der Waals surface area contributed by atoms with Gasteiger partial charge in [0.15, 0.2) is 0 Å². The predicted molar refractivity (Wildman–Crippen MR) is 63.2 cm³/mol. The summed E-state index contributed by atoms with van der Waals surface area (Å²) in [7, 11) is 0. The molecule has 1 aromatic carbocycles. The average Bonchev–Trinajstić information content (AvgIpc) is 2.86. The minimum Gasteiger partial charge on any atom is -0.307 e. The van der Waals surface area contributed by atoms with E-state index in [9.17, 15) is 4.39 Å². The third-order valence-corrected chi connectivity index (χ3v) is 3.49. The van der Waals surface area contributed by atoms with Gasteiger partial charge >= 0.3 is 0 Å². The van der Waals surface area contributed by atoms with Gasteiger partial charge in [-0.1, -0.05) is 22.9 Å². The smallest absolute Gasteiger partial charge is 0.128 e. The number of rotatable bonds is 3. The van der Waals surface area contributed by atoms with E-state index in [4.69, 9.17) is 0 Å². The highest BCUT2D eigenvalue weighted by Gasteiger charge is 2.33. The molecule has 1 nitrogen and oxygen atoms in total. The Morgan fingerprint density at radius 1 is 1.53 bits per heavy atom. The van der Waals surface area contributed by atoms with Crippen molar-refractivity contribution in [3.05, 3.63) is 34.1 Å². The monoisotopic (exact) mass is 271 g/mol. The third-order valence-electron chi connectivity index (χ3n) is 3.00. The molecular formula is C12H15BrFN. The summed E-state index contributed by atoms with van der Waals surface area (Å²) in [6.07, 6.45) is 1.21. The summed E-state index contributed by atoms with van der Waals surface area (Å²) in [6.45, 7) is 4.22. The molecule has 3 heteroatoms. The lowest BCUT2D eigenvalue weighted by Crippen LogP contribution is -2.22. The molecule has 15 heavy (non-hydrogen) atoms. The van der Waals surface area contributed by atoms with Crippen molar-refractivity contribution < 1.29 is 4.39 Å². The van der Waals surface area contributed by atoms with Gasteiger partial charge in [-0.05, 0) is 37.5 Å². The minimum absolute atomic E-state index is 0.0810. The lowest BCUT2D eigenvalue weighted by atomic mass is 10.1. The maximum Gasteiger partial charge on any atom is 0.128 e. The van der Waals surface area contributed by atoms with Crippen LogP contribution in [0.25, 0.3) is 0 Å². The van der Waals surface area contributed by atoms with E-state index in [2.05, 4.69) is 28.2 Å². The van der Waals surface area contributed by atoms with Crippen molar-refractivity contribution in [2.75, 3.05) is 0 Å². The summed E-state index contributed by atoms with van der Waals surface area (Å²) < 4.78 is 14.5. The van der Waals surface area contributed by atoms with Crippen molar-refractivity contribution in [3.8, 4) is 0 Å². The van der Waals surface area contributed by atoms with E-state index in [1.165, 1.54) is 12.5 Å². The molecule has 1 aromatic rings. The standard InChI is InChI=1S/C12H15BrFN/c1-7-5-12(7)15-8(2)10-6-9(13)3-4-11(10)14/h3-4,6-8,12,15H,5H2,1-2H3. The highest BCUT2D eigenvalue weighted by atomic mass is 79.9. The molecule has 0 spiro atoms. The van der Waals surface area contributed by atoms with Crippen LogP contribution in [0.1, 0.15) is 31.9 Å². The molecule has 0 aromatic heterocycles. The summed E-state index contributed by atoms with van der Waals surface area (Å²) in [6, 6.07) is 5.73. The molecule has 0 aliphatic heterocycles. The van der Waals surface area contributed by atoms with Gasteiger partial charge < -0.3 is 5.32 Å². The van der Waals surface area contributed by atoms with Crippen molar-refractivity contribution in [2.45, 2.75) is 32.4 Å². The first-order chi connectivity index (χ1) is 7.08. The number of halogens is 2. The molecule has 1 aliphatic rings. The zero-order valence-electron chi connectivity index (χ0n) is 8.93. The van der Waals surface area contributed by atoms with Crippen LogP contribution in [0.3, 0.4) is 0 Å². The topological polar surface area (TPSA) is 12.0 Å². The lowest BCUT2D eigenvalue weighted by Gasteiger charge is -2.15. The highest BCUT2D eigenvalue weighted by Crippen LogP contribution is 2.32. The Morgan fingerprint density at radius 2 is 2.20 bits per heavy atom. The third kappa shape index (κ3) is 2.58. The first-order valence-electron chi connectivity index (χ1n) is 5.29. The summed E-state index contributed by atoms with van der Waals surface area (Å²) in [5.74, 6) is 0.606. The Kier molecular flexibility index (Phi) is 3.12. The second-order valence-corrected chi connectivity index (χ2v) is 5.29. The fourth-order valence-electron chi connectivity index (χ4n) is 1.81. The van der Waals surface area contributed by atoms with Crippen LogP contribution in [0.2, 0.25) is 0 Å². The van der Waals surface area contributed by atoms with E-state index < -0.39 is 0 Å². The number of benzene rings is 1. The molecule has 0 bridgehead atoms. The molecule has 3 atom stereocenters. The van der Waals surface area contributed by atoms with Crippen LogP contribution in [-0.4, -0.2) is 6.04 Å². The average molecular weight is 272 g/mol. The SMILES string of the molecule is CC(NC1CC1C)c1cc(Br)ccc1F. The molecule has 0 heterocycles. The van der Waals surface area contributed by atoms with E-state index in [-0.39, 0.29) is 11.9 Å². The Morgan fingerprint density at radius 3 is 2.80 bits per heavy atom. The maximum atomic E-state index is 13.5. The molecule has 1 fully saturated rings. The van der Waals surface area contributed by atoms with E-state index in [0.717, 1.165) is 16.0 Å². The summed E-state index contributed by atoms with van der Waals surface area (Å²) >= 11 is 3.36. The van der Waals surface area contributed by atoms with Crippen molar-refractivity contribution in [2.24, 2.45) is 5.92 Å². The van der Waals surface area contributed by atoms with Crippen LogP contribution in [0.5, 0.6) is 0 Å². The zero-order valence-corrected chi connectivity index (χ0v) is 10.5. The van der Waals surface area contributed by atoms with Gasteiger partial charge in [0.1, 0.15) is 5.82 Å². The van der Waals surface area contributed by atoms with Crippen LogP contribution in [0, 0.1) is 11.7 Å². The van der Waals surface area contributed by atoms with Crippen molar-refractivity contribution in [1.82, 2.24) is 5.32 Å². The van der Waals surface area contributed by atoms with Gasteiger partial charge in [-0.25, -0.2) is 4.39 Å². The molecule has 2 rings (SSSR count). The molecule has 1 saturated carbocycles. The van der Waals surface area contributed by atoms with Gasteiger partial charge in [0.2, 0.25) is 0 Å². The Bertz CT molecular complexity index is 367. The van der Waals surface area contributed by atoms with Gasteiger partial charge in [0.05, 0.1) is 0 Å². The first-order valence-corrected chi connectivity index (χ1v) is 6.08. The van der Waals surface area contributed by atoms with Crippen LogP contribution < -0.4 is 5.32 Å². The van der Waals surface area contributed by atoms with Crippen LogP contribution in [0.15, 0.2) is 22.7 Å². The van der Waals surface area contributed by atoms with Crippen LogP contribution >= 0.6 is 15.9 Å². The molecule has 1 aliphatic carbocycles. The lowest BCUT2D eigenvalue weighted by molar-refractivity contribution is 0.515. The van der Waals surface area contributed by atoms with E-state index in [1.807, 2.05) is 13.0 Å². The van der Waals surface area contributed by atoms with Gasteiger partial charge in [-0.15, -0.1) is 0 Å². The zero-order chi connectivity index (χ0) is 11.0. The molecule has 0 amide bonds. The van der Waals surface area contributed by atoms with Crippen LogP contribution in [-0.2, 0) is 0 Å². The fraction of sp³-hybridized carbons (Fsp3) is 0.500. The van der Waals surface area contributed by atoms with Crippen LogP contribution in [0.4, 0.5) is 4.39 Å². The van der Waals surface area contributed by atoms with Gasteiger partial charge in [0, 0.05) is 22.1 Å². The van der Waals surface area contributed by atoms with Crippen molar-refractivity contribution in [1.29, 1.82) is 0 Å². The van der Waals surface area contributed by atoms with E-state index >= 15 is 0 Å². The normalized spacial score (nSPS) is 26.4. The Balaban J connectivity index is 2.10. The quantitative estimate of drug-likeness (QED) is 0.885. The Hall–Kier alpha value is -0.410. The largest absolute Gasteiger partial charge is 0.307 e. The Labute approximate surface area is 98.2 Å². The maximum absolute atomic E-state index is 13.5. The van der Waals surface area contributed by atoms with Gasteiger partial charge in [-0.3, -0.25) is 0 Å². The number of hydrogen-bond donors (Lipinski definition) is 1. The van der Waals surface area contributed by atoms with Crippen molar-refractivity contribution in [3.63, 3.8) is 0 Å². The highest BCUT2D eigenvalue weighted by molar-refractivity contribution is 9.10. The predicted octanol–water partition coefficient (Wildman–Crippen LogP) is 3.65. The molecule has 0 radical (unpaired) electrons. The second kappa shape index (κ2) is 4.22. The number of hydrogen-bond acceptors (Lipinski definition) is 1. The molecule has 1 N–H and O–H groups in total. The number of nitrogens with one attached hydrogen (secondary N) is 1. The molecule has 82 valence electrons. The minimum atomic E-state index is -0.133. The first kappa shape index (κ1) is 11.1. The summed E-state index contributed by atoms with van der Waals surface area (Å²) in [5.41, 5.74) is 0.739. The van der Waals surface area contributed by atoms with Crippen molar-refractivity contribution >= 4 is 15.9 Å². The van der Waals surface area contributed by atoms with E-state index in [1.54, 1.807) is 6.07 Å². The second-order valence-electron chi connectivity index (χ2n) is 4.37. The summed E-state index contributed by atoms with van der Waals surface area (Å²) in [4.78, 5) is 0. The summed E-state index contributed by atoms with van der Waals surface area (Å²) in [5, 5.41) is 3.43. The molecule has 3 unspecified atom stereocenters. The van der Waals surface area contributed by atoms with Gasteiger partial charge in [0.25, 0.3) is 0 Å². The fourth-order valence-corrected chi connectivity index (χ4v) is 2.19. The van der Waals surface area contributed by atoms with Gasteiger partial charge in [-0.2, -0.15) is 0 Å². The molecule has 0 saturated heterocycles. The van der Waals surface area contributed by atoms with E-state index in [0.29, 0.717) is 6.04 Å².